The number of aliphatic carboxylic acids is 1. The maximum Gasteiger partial charge on any atom is 0.332 e. The van der Waals surface area contributed by atoms with Gasteiger partial charge in [-0.15, -0.1) is 0 Å². The summed E-state index contributed by atoms with van der Waals surface area (Å²) in [5.74, 6) is -0.313. The molecular formula is C9H12N2O3. The predicted molar refractivity (Wildman–Crippen MR) is 49.7 cm³/mol. The third kappa shape index (κ3) is 3.02. The monoisotopic (exact) mass is 196 g/mol. The first kappa shape index (κ1) is 10.5. The molecule has 1 heterocycles. The van der Waals surface area contributed by atoms with Gasteiger partial charge in [-0.05, 0) is 6.92 Å². The van der Waals surface area contributed by atoms with E-state index in [1.165, 1.54) is 0 Å². The molecule has 0 bridgehead atoms. The van der Waals surface area contributed by atoms with Crippen molar-refractivity contribution in [2.45, 2.75) is 13.5 Å². The van der Waals surface area contributed by atoms with Crippen LogP contribution in [0.5, 0.6) is 0 Å². The summed E-state index contributed by atoms with van der Waals surface area (Å²) >= 11 is 0. The Labute approximate surface area is 81.4 Å². The maximum atomic E-state index is 10.4. The molecule has 14 heavy (non-hydrogen) atoms. The number of aromatic nitrogens is 1. The predicted octanol–water partition coefficient (Wildman–Crippen LogP) is 0.713. The van der Waals surface area contributed by atoms with E-state index in [9.17, 15) is 4.79 Å². The zero-order valence-corrected chi connectivity index (χ0v) is 7.91. The zero-order valence-electron chi connectivity index (χ0n) is 7.91. The summed E-state index contributed by atoms with van der Waals surface area (Å²) in [6.07, 6.45) is 0. The van der Waals surface area contributed by atoms with Crippen LogP contribution in [-0.2, 0) is 11.3 Å². The molecule has 0 spiro atoms. The van der Waals surface area contributed by atoms with Gasteiger partial charge in [-0.25, -0.2) is 4.79 Å². The zero-order chi connectivity index (χ0) is 10.6. The van der Waals surface area contributed by atoms with E-state index in [-0.39, 0.29) is 12.1 Å². The number of carboxylic acid groups (broad SMARTS) is 1. The first-order valence-corrected chi connectivity index (χ1v) is 4.13. The molecule has 1 aromatic heterocycles. The topological polar surface area (TPSA) is 75.4 Å². The molecule has 0 aromatic carbocycles. The fraction of sp³-hybridized carbons (Fsp3) is 0.333. The normalized spacial score (nSPS) is 10.1. The van der Waals surface area contributed by atoms with E-state index in [1.807, 2.05) is 6.92 Å². The van der Waals surface area contributed by atoms with Crippen LogP contribution in [-0.4, -0.2) is 22.8 Å². The van der Waals surface area contributed by atoms with Gasteiger partial charge in [0.15, 0.2) is 5.76 Å². The lowest BCUT2D eigenvalue weighted by Gasteiger charge is -2.00. The lowest BCUT2D eigenvalue weighted by atomic mass is 10.3. The van der Waals surface area contributed by atoms with E-state index in [4.69, 9.17) is 9.63 Å². The number of carboxylic acids is 1. The molecule has 0 aliphatic rings. The van der Waals surface area contributed by atoms with Crippen LogP contribution < -0.4 is 5.32 Å². The second kappa shape index (κ2) is 4.57. The van der Waals surface area contributed by atoms with E-state index < -0.39 is 5.97 Å². The van der Waals surface area contributed by atoms with E-state index in [2.05, 4.69) is 17.1 Å². The highest BCUT2D eigenvalue weighted by atomic mass is 16.5. The van der Waals surface area contributed by atoms with Gasteiger partial charge in [-0.1, -0.05) is 11.7 Å². The summed E-state index contributed by atoms with van der Waals surface area (Å²) in [6, 6.07) is 1.79. The lowest BCUT2D eigenvalue weighted by molar-refractivity contribution is -0.132. The molecule has 5 heteroatoms. The smallest absolute Gasteiger partial charge is 0.332 e. The van der Waals surface area contributed by atoms with Crippen molar-refractivity contribution >= 4 is 5.97 Å². The highest BCUT2D eigenvalue weighted by molar-refractivity contribution is 5.86. The van der Waals surface area contributed by atoms with Gasteiger partial charge in [-0.2, -0.15) is 0 Å². The van der Waals surface area contributed by atoms with Gasteiger partial charge in [0.1, 0.15) is 0 Å². The van der Waals surface area contributed by atoms with Crippen molar-refractivity contribution in [1.82, 2.24) is 10.5 Å². The number of aryl methyl sites for hydroxylation is 1. The second-order valence-corrected chi connectivity index (χ2v) is 2.95. The van der Waals surface area contributed by atoms with Gasteiger partial charge in [0.25, 0.3) is 0 Å². The van der Waals surface area contributed by atoms with Crippen LogP contribution in [0.1, 0.15) is 11.5 Å². The fourth-order valence-electron chi connectivity index (χ4n) is 0.912. The first-order valence-electron chi connectivity index (χ1n) is 4.13. The van der Waals surface area contributed by atoms with Crippen molar-refractivity contribution in [3.05, 3.63) is 29.7 Å². The van der Waals surface area contributed by atoms with Crippen LogP contribution >= 0.6 is 0 Å². The molecule has 1 rings (SSSR count). The molecular weight excluding hydrogens is 184 g/mol. The van der Waals surface area contributed by atoms with Crippen molar-refractivity contribution in [3.63, 3.8) is 0 Å². The Morgan fingerprint density at radius 2 is 2.50 bits per heavy atom. The summed E-state index contributed by atoms with van der Waals surface area (Å²) in [5, 5.41) is 15.1. The molecule has 2 N–H and O–H groups in total. The summed E-state index contributed by atoms with van der Waals surface area (Å²) < 4.78 is 4.92. The number of nitrogens with zero attached hydrogens (tertiary/aromatic N) is 1. The van der Waals surface area contributed by atoms with Crippen LogP contribution in [0.15, 0.2) is 22.7 Å². The SMILES string of the molecule is C=C(CNCc1cc(C)no1)C(=O)O. The molecule has 0 aliphatic carbocycles. The Balaban J connectivity index is 2.29. The molecule has 0 saturated carbocycles. The quantitative estimate of drug-likeness (QED) is 0.678. The first-order chi connectivity index (χ1) is 6.59. The van der Waals surface area contributed by atoms with E-state index in [1.54, 1.807) is 6.07 Å². The number of carbonyl (C=O) groups is 1. The minimum atomic E-state index is -0.994. The van der Waals surface area contributed by atoms with Gasteiger partial charge < -0.3 is 14.9 Å². The van der Waals surface area contributed by atoms with E-state index >= 15 is 0 Å². The second-order valence-electron chi connectivity index (χ2n) is 2.95. The molecule has 0 radical (unpaired) electrons. The van der Waals surface area contributed by atoms with Gasteiger partial charge in [0.05, 0.1) is 12.2 Å². The highest BCUT2D eigenvalue weighted by Crippen LogP contribution is 2.01. The molecule has 5 nitrogen and oxygen atoms in total. The molecule has 0 saturated heterocycles. The van der Waals surface area contributed by atoms with Gasteiger partial charge in [0.2, 0.25) is 0 Å². The third-order valence-electron chi connectivity index (χ3n) is 1.62. The summed E-state index contributed by atoms with van der Waals surface area (Å²) in [7, 11) is 0. The van der Waals surface area contributed by atoms with Crippen molar-refractivity contribution in [2.75, 3.05) is 6.54 Å². The number of nitrogens with one attached hydrogen (secondary N) is 1. The standard InChI is InChI=1S/C9H12N2O3/c1-6(9(12)13)4-10-5-8-3-7(2)11-14-8/h3,10H,1,4-5H2,2H3,(H,12,13). The molecule has 0 atom stereocenters. The number of hydrogen-bond donors (Lipinski definition) is 2. The van der Waals surface area contributed by atoms with Crippen molar-refractivity contribution < 1.29 is 14.4 Å². The Morgan fingerprint density at radius 3 is 3.00 bits per heavy atom. The Hall–Kier alpha value is -1.62. The molecule has 0 amide bonds. The fourth-order valence-corrected chi connectivity index (χ4v) is 0.912. The molecule has 0 unspecified atom stereocenters. The van der Waals surface area contributed by atoms with Gasteiger partial charge >= 0.3 is 5.97 Å². The summed E-state index contributed by atoms with van der Waals surface area (Å²) in [5.41, 5.74) is 0.931. The average Bonchev–Trinajstić information content (AvgIpc) is 2.51. The molecule has 0 aliphatic heterocycles. The maximum absolute atomic E-state index is 10.4. The van der Waals surface area contributed by atoms with Crippen molar-refractivity contribution in [3.8, 4) is 0 Å². The molecule has 76 valence electrons. The minimum absolute atomic E-state index is 0.126. The van der Waals surface area contributed by atoms with Crippen molar-refractivity contribution in [1.29, 1.82) is 0 Å². The number of rotatable bonds is 5. The van der Waals surface area contributed by atoms with Gasteiger partial charge in [-0.3, -0.25) is 0 Å². The minimum Gasteiger partial charge on any atom is -0.478 e. The van der Waals surface area contributed by atoms with E-state index in [0.717, 1.165) is 5.69 Å². The summed E-state index contributed by atoms with van der Waals surface area (Å²) in [4.78, 5) is 10.4. The van der Waals surface area contributed by atoms with Crippen LogP contribution in [0, 0.1) is 6.92 Å². The Kier molecular flexibility index (Phi) is 3.41. The third-order valence-corrected chi connectivity index (χ3v) is 1.62. The van der Waals surface area contributed by atoms with Crippen molar-refractivity contribution in [2.24, 2.45) is 0 Å². The Bertz CT molecular complexity index is 344. The highest BCUT2D eigenvalue weighted by Gasteiger charge is 2.04. The molecule has 0 fully saturated rings. The average molecular weight is 196 g/mol. The molecule has 1 aromatic rings. The van der Waals surface area contributed by atoms with Crippen LogP contribution in [0.25, 0.3) is 0 Å². The summed E-state index contributed by atoms with van der Waals surface area (Å²) in [6.45, 7) is 5.89. The number of hydrogen-bond acceptors (Lipinski definition) is 4. The van der Waals surface area contributed by atoms with E-state index in [0.29, 0.717) is 12.3 Å². The lowest BCUT2D eigenvalue weighted by Crippen LogP contribution is -2.19. The van der Waals surface area contributed by atoms with Crippen LogP contribution in [0.2, 0.25) is 0 Å². The Morgan fingerprint density at radius 1 is 1.79 bits per heavy atom. The van der Waals surface area contributed by atoms with Crippen LogP contribution in [0.3, 0.4) is 0 Å². The van der Waals surface area contributed by atoms with Crippen LogP contribution in [0.4, 0.5) is 0 Å². The van der Waals surface area contributed by atoms with Gasteiger partial charge in [0, 0.05) is 18.2 Å². The largest absolute Gasteiger partial charge is 0.478 e.